The first-order valence-electron chi connectivity index (χ1n) is 6.47. The molecule has 1 heterocycles. The first-order valence-corrected chi connectivity index (χ1v) is 6.47. The summed E-state index contributed by atoms with van der Waals surface area (Å²) in [6.45, 7) is 10.1. The van der Waals surface area contributed by atoms with Crippen LogP contribution in [0.4, 0.5) is 5.69 Å². The molecule has 0 radical (unpaired) electrons. The standard InChI is InChI=1S/C14H22BNO3/c1-9-11(16)7-10(8-12(9)17-6)15-18-13(2,3)14(4,5)19-15/h7-8H,16H2,1-6H3. The third kappa shape index (κ3) is 2.32. The minimum atomic E-state index is -0.415. The van der Waals surface area contributed by atoms with E-state index in [4.69, 9.17) is 19.8 Å². The van der Waals surface area contributed by atoms with Gasteiger partial charge in [-0.05, 0) is 52.2 Å². The molecule has 0 atom stereocenters. The second-order valence-corrected chi connectivity index (χ2v) is 6.03. The van der Waals surface area contributed by atoms with Crippen molar-refractivity contribution in [3.63, 3.8) is 0 Å². The Kier molecular flexibility index (Phi) is 3.31. The van der Waals surface area contributed by atoms with Crippen LogP contribution in [0.15, 0.2) is 12.1 Å². The molecule has 1 aromatic rings. The molecule has 1 aromatic carbocycles. The molecule has 0 aliphatic carbocycles. The van der Waals surface area contributed by atoms with Crippen molar-refractivity contribution >= 4 is 18.3 Å². The highest BCUT2D eigenvalue weighted by molar-refractivity contribution is 6.62. The fraction of sp³-hybridized carbons (Fsp3) is 0.571. The van der Waals surface area contributed by atoms with Crippen molar-refractivity contribution in [2.45, 2.75) is 45.8 Å². The van der Waals surface area contributed by atoms with Crippen LogP contribution in [0.3, 0.4) is 0 Å². The summed E-state index contributed by atoms with van der Waals surface area (Å²) in [6, 6.07) is 3.81. The third-order valence-corrected chi connectivity index (χ3v) is 4.17. The van der Waals surface area contributed by atoms with Crippen molar-refractivity contribution in [2.75, 3.05) is 12.8 Å². The van der Waals surface area contributed by atoms with E-state index in [1.807, 2.05) is 46.8 Å². The number of hydrogen-bond acceptors (Lipinski definition) is 4. The highest BCUT2D eigenvalue weighted by Crippen LogP contribution is 2.37. The van der Waals surface area contributed by atoms with E-state index in [0.717, 1.165) is 16.8 Å². The Morgan fingerprint density at radius 3 is 2.11 bits per heavy atom. The van der Waals surface area contributed by atoms with E-state index in [2.05, 4.69) is 0 Å². The smallest absolute Gasteiger partial charge is 0.495 e. The lowest BCUT2D eigenvalue weighted by Gasteiger charge is -2.32. The SMILES string of the molecule is COc1cc(B2OC(C)(C)C(C)(C)O2)cc(N)c1C. The minimum absolute atomic E-state index is 0.357. The molecule has 4 nitrogen and oxygen atoms in total. The van der Waals surface area contributed by atoms with Gasteiger partial charge in [0.15, 0.2) is 0 Å². The van der Waals surface area contributed by atoms with Gasteiger partial charge in [-0.25, -0.2) is 0 Å². The van der Waals surface area contributed by atoms with Crippen LogP contribution in [0.1, 0.15) is 33.3 Å². The predicted octanol–water partition coefficient (Wildman–Crippen LogP) is 1.89. The van der Waals surface area contributed by atoms with E-state index < -0.39 is 7.12 Å². The molecule has 0 spiro atoms. The van der Waals surface area contributed by atoms with Gasteiger partial charge in [-0.1, -0.05) is 0 Å². The molecule has 2 rings (SSSR count). The van der Waals surface area contributed by atoms with E-state index >= 15 is 0 Å². The Hall–Kier alpha value is -1.20. The first-order chi connectivity index (χ1) is 8.68. The minimum Gasteiger partial charge on any atom is -0.496 e. The molecule has 0 saturated carbocycles. The summed E-state index contributed by atoms with van der Waals surface area (Å²) >= 11 is 0. The normalized spacial score (nSPS) is 20.6. The van der Waals surface area contributed by atoms with Gasteiger partial charge in [0.2, 0.25) is 0 Å². The average Bonchev–Trinajstić information content (AvgIpc) is 2.52. The second kappa shape index (κ2) is 4.42. The van der Waals surface area contributed by atoms with Crippen LogP contribution in [0, 0.1) is 6.92 Å². The van der Waals surface area contributed by atoms with Crippen LogP contribution in [-0.4, -0.2) is 25.4 Å². The number of ether oxygens (including phenoxy) is 1. The molecule has 0 aromatic heterocycles. The molecule has 0 bridgehead atoms. The van der Waals surface area contributed by atoms with Gasteiger partial charge in [0.05, 0.1) is 18.3 Å². The van der Waals surface area contributed by atoms with Crippen molar-refractivity contribution < 1.29 is 14.0 Å². The Morgan fingerprint density at radius 1 is 1.11 bits per heavy atom. The number of rotatable bonds is 2. The van der Waals surface area contributed by atoms with Gasteiger partial charge in [0.25, 0.3) is 0 Å². The van der Waals surface area contributed by atoms with Gasteiger partial charge in [-0.3, -0.25) is 0 Å². The summed E-state index contributed by atoms with van der Waals surface area (Å²) < 4.78 is 17.4. The summed E-state index contributed by atoms with van der Waals surface area (Å²) in [5.41, 5.74) is 7.80. The van der Waals surface area contributed by atoms with Gasteiger partial charge in [-0.15, -0.1) is 0 Å². The topological polar surface area (TPSA) is 53.7 Å². The van der Waals surface area contributed by atoms with E-state index in [1.54, 1.807) is 7.11 Å². The molecule has 1 fully saturated rings. The Morgan fingerprint density at radius 2 is 1.63 bits per heavy atom. The molecule has 1 aliphatic rings. The summed E-state index contributed by atoms with van der Waals surface area (Å²) in [4.78, 5) is 0. The van der Waals surface area contributed by atoms with E-state index in [9.17, 15) is 0 Å². The predicted molar refractivity (Wildman–Crippen MR) is 77.9 cm³/mol. The maximum atomic E-state index is 6.01. The molecule has 0 unspecified atom stereocenters. The van der Waals surface area contributed by atoms with Gasteiger partial charge in [0.1, 0.15) is 5.75 Å². The van der Waals surface area contributed by atoms with Gasteiger partial charge in [-0.2, -0.15) is 0 Å². The Labute approximate surface area is 115 Å². The zero-order chi connectivity index (χ0) is 14.4. The van der Waals surface area contributed by atoms with Crippen LogP contribution in [0.25, 0.3) is 0 Å². The van der Waals surface area contributed by atoms with E-state index in [0.29, 0.717) is 5.69 Å². The summed E-state index contributed by atoms with van der Waals surface area (Å²) in [7, 11) is 1.22. The lowest BCUT2D eigenvalue weighted by atomic mass is 9.78. The molecule has 19 heavy (non-hydrogen) atoms. The van der Waals surface area contributed by atoms with E-state index in [-0.39, 0.29) is 11.2 Å². The Bertz CT molecular complexity index is 484. The van der Waals surface area contributed by atoms with E-state index in [1.165, 1.54) is 0 Å². The maximum absolute atomic E-state index is 6.01. The molecule has 5 heteroatoms. The van der Waals surface area contributed by atoms with Gasteiger partial charge >= 0.3 is 7.12 Å². The first kappa shape index (κ1) is 14.2. The number of anilines is 1. The lowest BCUT2D eigenvalue weighted by Crippen LogP contribution is -2.41. The summed E-state index contributed by atoms with van der Waals surface area (Å²) in [6.07, 6.45) is 0. The van der Waals surface area contributed by atoms with Crippen LogP contribution in [-0.2, 0) is 9.31 Å². The highest BCUT2D eigenvalue weighted by atomic mass is 16.7. The van der Waals surface area contributed by atoms with Crippen molar-refractivity contribution in [2.24, 2.45) is 0 Å². The molecular formula is C14H22BNO3. The van der Waals surface area contributed by atoms with Gasteiger partial charge in [0, 0.05) is 11.3 Å². The molecule has 104 valence electrons. The molecule has 1 saturated heterocycles. The molecule has 2 N–H and O–H groups in total. The monoisotopic (exact) mass is 263 g/mol. The fourth-order valence-electron chi connectivity index (χ4n) is 2.06. The second-order valence-electron chi connectivity index (χ2n) is 6.03. The number of hydrogen-bond donors (Lipinski definition) is 1. The molecule has 1 aliphatic heterocycles. The number of nitrogen functional groups attached to an aromatic ring is 1. The Balaban J connectivity index is 2.37. The number of nitrogens with two attached hydrogens (primary N) is 1. The quantitative estimate of drug-likeness (QED) is 0.654. The van der Waals surface area contributed by atoms with Crippen LogP contribution < -0.4 is 15.9 Å². The third-order valence-electron chi connectivity index (χ3n) is 4.17. The molecular weight excluding hydrogens is 241 g/mol. The van der Waals surface area contributed by atoms with Crippen molar-refractivity contribution in [3.8, 4) is 5.75 Å². The number of benzene rings is 1. The zero-order valence-electron chi connectivity index (χ0n) is 12.5. The largest absolute Gasteiger partial charge is 0.496 e. The van der Waals surface area contributed by atoms with Crippen LogP contribution >= 0.6 is 0 Å². The van der Waals surface area contributed by atoms with Crippen LogP contribution in [0.2, 0.25) is 0 Å². The van der Waals surface area contributed by atoms with Crippen LogP contribution in [0.5, 0.6) is 5.75 Å². The highest BCUT2D eigenvalue weighted by Gasteiger charge is 2.51. The average molecular weight is 263 g/mol. The molecule has 0 amide bonds. The summed E-state index contributed by atoms with van der Waals surface area (Å²) in [5.74, 6) is 0.754. The fourth-order valence-corrected chi connectivity index (χ4v) is 2.06. The zero-order valence-corrected chi connectivity index (χ0v) is 12.5. The van der Waals surface area contributed by atoms with Crippen molar-refractivity contribution in [1.82, 2.24) is 0 Å². The summed E-state index contributed by atoms with van der Waals surface area (Å²) in [5, 5.41) is 0. The number of methoxy groups -OCH3 is 1. The maximum Gasteiger partial charge on any atom is 0.495 e. The van der Waals surface area contributed by atoms with Gasteiger partial charge < -0.3 is 19.8 Å². The lowest BCUT2D eigenvalue weighted by molar-refractivity contribution is 0.00578. The van der Waals surface area contributed by atoms with Crippen molar-refractivity contribution in [1.29, 1.82) is 0 Å². The van der Waals surface area contributed by atoms with Crippen molar-refractivity contribution in [3.05, 3.63) is 17.7 Å².